The largest absolute Gasteiger partial charge is 0.299 e. The standard InChI is InChI=1S/C20H32O/c1-4-6-7-8-9-13-16-19(21)20(17(3)5-2)18-14-11-10-12-15-18/h10-12,14-15,17,20H,4-9,13,16H2,1-3H3. The van der Waals surface area contributed by atoms with Gasteiger partial charge in [0.2, 0.25) is 0 Å². The van der Waals surface area contributed by atoms with E-state index in [0.717, 1.165) is 19.3 Å². The van der Waals surface area contributed by atoms with Crippen molar-refractivity contribution in [3.8, 4) is 0 Å². The summed E-state index contributed by atoms with van der Waals surface area (Å²) in [6.07, 6.45) is 9.27. The van der Waals surface area contributed by atoms with Crippen LogP contribution in [0.4, 0.5) is 0 Å². The molecule has 2 atom stereocenters. The molecule has 0 fully saturated rings. The van der Waals surface area contributed by atoms with Crippen LogP contribution < -0.4 is 0 Å². The molecule has 21 heavy (non-hydrogen) atoms. The Kier molecular flexibility index (Phi) is 9.05. The quantitative estimate of drug-likeness (QED) is 0.447. The first kappa shape index (κ1) is 17.9. The Labute approximate surface area is 131 Å². The molecule has 0 aliphatic rings. The van der Waals surface area contributed by atoms with Crippen LogP contribution >= 0.6 is 0 Å². The fourth-order valence-electron chi connectivity index (χ4n) is 2.96. The van der Waals surface area contributed by atoms with Crippen molar-refractivity contribution in [2.24, 2.45) is 5.92 Å². The van der Waals surface area contributed by atoms with E-state index in [2.05, 4.69) is 32.9 Å². The van der Waals surface area contributed by atoms with Crippen LogP contribution in [0, 0.1) is 5.92 Å². The fourth-order valence-corrected chi connectivity index (χ4v) is 2.96. The summed E-state index contributed by atoms with van der Waals surface area (Å²) in [5, 5.41) is 0. The lowest BCUT2D eigenvalue weighted by atomic mass is 9.81. The number of rotatable bonds is 11. The first-order valence-electron chi connectivity index (χ1n) is 8.78. The van der Waals surface area contributed by atoms with Gasteiger partial charge in [-0.1, -0.05) is 89.6 Å². The third kappa shape index (κ3) is 6.46. The van der Waals surface area contributed by atoms with E-state index in [9.17, 15) is 4.79 Å². The molecule has 1 aromatic rings. The monoisotopic (exact) mass is 288 g/mol. The van der Waals surface area contributed by atoms with Crippen molar-refractivity contribution in [3.63, 3.8) is 0 Å². The van der Waals surface area contributed by atoms with E-state index in [1.807, 2.05) is 18.2 Å². The van der Waals surface area contributed by atoms with Gasteiger partial charge in [-0.3, -0.25) is 4.79 Å². The van der Waals surface area contributed by atoms with Gasteiger partial charge in [0.15, 0.2) is 0 Å². The summed E-state index contributed by atoms with van der Waals surface area (Å²) in [6.45, 7) is 6.62. The van der Waals surface area contributed by atoms with Crippen LogP contribution in [0.1, 0.15) is 83.6 Å². The Balaban J connectivity index is 2.49. The van der Waals surface area contributed by atoms with Crippen LogP contribution in [0.2, 0.25) is 0 Å². The minimum atomic E-state index is 0.0897. The molecule has 0 bridgehead atoms. The summed E-state index contributed by atoms with van der Waals surface area (Å²) >= 11 is 0. The summed E-state index contributed by atoms with van der Waals surface area (Å²) < 4.78 is 0. The van der Waals surface area contributed by atoms with Crippen molar-refractivity contribution >= 4 is 5.78 Å². The lowest BCUT2D eigenvalue weighted by Crippen LogP contribution is -2.19. The maximum Gasteiger partial charge on any atom is 0.140 e. The molecule has 1 nitrogen and oxygen atoms in total. The number of Topliss-reactive ketones (excluding diaryl/α,β-unsaturated/α-hetero) is 1. The van der Waals surface area contributed by atoms with Crippen LogP contribution in [0.3, 0.4) is 0 Å². The molecule has 0 spiro atoms. The zero-order valence-electron chi connectivity index (χ0n) is 14.1. The molecule has 0 saturated carbocycles. The summed E-state index contributed by atoms with van der Waals surface area (Å²) in [5.74, 6) is 0.956. The minimum Gasteiger partial charge on any atom is -0.299 e. The van der Waals surface area contributed by atoms with Crippen molar-refractivity contribution in [1.82, 2.24) is 0 Å². The molecular weight excluding hydrogens is 256 g/mol. The maximum atomic E-state index is 12.6. The third-order valence-corrected chi connectivity index (χ3v) is 4.50. The van der Waals surface area contributed by atoms with Gasteiger partial charge in [0.25, 0.3) is 0 Å². The van der Waals surface area contributed by atoms with E-state index < -0.39 is 0 Å². The molecule has 0 saturated heterocycles. The van der Waals surface area contributed by atoms with Crippen molar-refractivity contribution in [2.45, 2.75) is 78.1 Å². The molecule has 1 aromatic carbocycles. The van der Waals surface area contributed by atoms with E-state index in [1.165, 1.54) is 37.7 Å². The predicted molar refractivity (Wildman–Crippen MR) is 91.6 cm³/mol. The van der Waals surface area contributed by atoms with Crippen LogP contribution in [0.15, 0.2) is 30.3 Å². The SMILES string of the molecule is CCCCCCCCC(=O)C(c1ccccc1)C(C)CC. The summed E-state index contributed by atoms with van der Waals surface area (Å²) in [7, 11) is 0. The molecule has 2 unspecified atom stereocenters. The molecular formula is C20H32O. The van der Waals surface area contributed by atoms with E-state index in [-0.39, 0.29) is 5.92 Å². The third-order valence-electron chi connectivity index (χ3n) is 4.50. The van der Waals surface area contributed by atoms with Crippen molar-refractivity contribution in [3.05, 3.63) is 35.9 Å². The number of hydrogen-bond acceptors (Lipinski definition) is 1. The van der Waals surface area contributed by atoms with Gasteiger partial charge >= 0.3 is 0 Å². The summed E-state index contributed by atoms with van der Waals surface area (Å²) in [4.78, 5) is 12.6. The van der Waals surface area contributed by atoms with Crippen molar-refractivity contribution in [2.75, 3.05) is 0 Å². The average molecular weight is 288 g/mol. The molecule has 118 valence electrons. The van der Waals surface area contributed by atoms with Gasteiger partial charge in [-0.05, 0) is 17.9 Å². The topological polar surface area (TPSA) is 17.1 Å². The molecule has 0 N–H and O–H groups in total. The van der Waals surface area contributed by atoms with Gasteiger partial charge in [0.1, 0.15) is 5.78 Å². The number of carbonyl (C=O) groups excluding carboxylic acids is 1. The van der Waals surface area contributed by atoms with Gasteiger partial charge in [-0.15, -0.1) is 0 Å². The Morgan fingerprint density at radius 3 is 2.19 bits per heavy atom. The highest BCUT2D eigenvalue weighted by Gasteiger charge is 2.24. The van der Waals surface area contributed by atoms with E-state index >= 15 is 0 Å². The second kappa shape index (κ2) is 10.6. The molecule has 0 radical (unpaired) electrons. The van der Waals surface area contributed by atoms with Crippen molar-refractivity contribution in [1.29, 1.82) is 0 Å². The fraction of sp³-hybridized carbons (Fsp3) is 0.650. The number of unbranched alkanes of at least 4 members (excludes halogenated alkanes) is 5. The highest BCUT2D eigenvalue weighted by Crippen LogP contribution is 2.29. The van der Waals surface area contributed by atoms with Gasteiger partial charge in [0.05, 0.1) is 0 Å². The first-order valence-corrected chi connectivity index (χ1v) is 8.78. The first-order chi connectivity index (χ1) is 10.2. The Morgan fingerprint density at radius 2 is 1.57 bits per heavy atom. The molecule has 0 heterocycles. The second-order valence-electron chi connectivity index (χ2n) is 6.26. The number of carbonyl (C=O) groups is 1. The highest BCUT2D eigenvalue weighted by atomic mass is 16.1. The predicted octanol–water partition coefficient (Wildman–Crippen LogP) is 6.14. The zero-order chi connectivity index (χ0) is 15.5. The maximum absolute atomic E-state index is 12.6. The molecule has 0 aliphatic heterocycles. The molecule has 1 rings (SSSR count). The van der Waals surface area contributed by atoms with Crippen LogP contribution in [-0.2, 0) is 4.79 Å². The van der Waals surface area contributed by atoms with Crippen LogP contribution in [-0.4, -0.2) is 5.78 Å². The summed E-state index contributed by atoms with van der Waals surface area (Å²) in [5.41, 5.74) is 1.20. The van der Waals surface area contributed by atoms with Gasteiger partial charge in [0, 0.05) is 12.3 Å². The molecule has 0 amide bonds. The smallest absolute Gasteiger partial charge is 0.140 e. The normalized spacial score (nSPS) is 13.9. The number of ketones is 1. The van der Waals surface area contributed by atoms with E-state index in [1.54, 1.807) is 0 Å². The van der Waals surface area contributed by atoms with Gasteiger partial charge in [-0.2, -0.15) is 0 Å². The number of benzene rings is 1. The Hall–Kier alpha value is -1.11. The molecule has 1 heteroatoms. The minimum absolute atomic E-state index is 0.0897. The molecule has 0 aromatic heterocycles. The second-order valence-corrected chi connectivity index (χ2v) is 6.26. The van der Waals surface area contributed by atoms with Crippen molar-refractivity contribution < 1.29 is 4.79 Å². The highest BCUT2D eigenvalue weighted by molar-refractivity contribution is 5.86. The van der Waals surface area contributed by atoms with Gasteiger partial charge < -0.3 is 0 Å². The Bertz CT molecular complexity index is 382. The van der Waals surface area contributed by atoms with Gasteiger partial charge in [-0.25, -0.2) is 0 Å². The summed E-state index contributed by atoms with van der Waals surface area (Å²) in [6, 6.07) is 10.3. The zero-order valence-corrected chi connectivity index (χ0v) is 14.1. The number of hydrogen-bond donors (Lipinski definition) is 0. The molecule has 0 aliphatic carbocycles. The van der Waals surface area contributed by atoms with Crippen LogP contribution in [0.5, 0.6) is 0 Å². The lowest BCUT2D eigenvalue weighted by molar-refractivity contribution is -0.121. The Morgan fingerprint density at radius 1 is 0.952 bits per heavy atom. The lowest BCUT2D eigenvalue weighted by Gasteiger charge is -2.22. The van der Waals surface area contributed by atoms with E-state index in [0.29, 0.717) is 11.7 Å². The van der Waals surface area contributed by atoms with E-state index in [4.69, 9.17) is 0 Å². The average Bonchev–Trinajstić information content (AvgIpc) is 2.51. The van der Waals surface area contributed by atoms with Crippen LogP contribution in [0.25, 0.3) is 0 Å².